The van der Waals surface area contributed by atoms with E-state index in [-0.39, 0.29) is 12.4 Å². The minimum absolute atomic E-state index is 0.127. The summed E-state index contributed by atoms with van der Waals surface area (Å²) in [6.07, 6.45) is 0.545. The van der Waals surface area contributed by atoms with Crippen molar-refractivity contribution in [1.29, 1.82) is 5.41 Å². The van der Waals surface area contributed by atoms with Crippen molar-refractivity contribution in [2.75, 3.05) is 40.0 Å². The van der Waals surface area contributed by atoms with Crippen molar-refractivity contribution >= 4 is 5.84 Å². The molecule has 0 bridgehead atoms. The van der Waals surface area contributed by atoms with Gasteiger partial charge in [-0.1, -0.05) is 0 Å². The van der Waals surface area contributed by atoms with Gasteiger partial charge in [-0.15, -0.1) is 0 Å². The number of nitrogens with one attached hydrogen (secondary N) is 1. The van der Waals surface area contributed by atoms with Gasteiger partial charge in [0.05, 0.1) is 19.0 Å². The van der Waals surface area contributed by atoms with Crippen LogP contribution < -0.4 is 5.73 Å². The van der Waals surface area contributed by atoms with Gasteiger partial charge in [-0.3, -0.25) is 10.3 Å². The minimum atomic E-state index is 0.127. The SMILES string of the molecule is COCCN(CCO)CCC(=N)N. The Labute approximate surface area is 79.0 Å². The molecule has 5 heteroatoms. The molecule has 0 heterocycles. The van der Waals surface area contributed by atoms with Gasteiger partial charge < -0.3 is 15.6 Å². The van der Waals surface area contributed by atoms with Gasteiger partial charge in [0, 0.05) is 33.2 Å². The zero-order valence-corrected chi connectivity index (χ0v) is 8.12. The highest BCUT2D eigenvalue weighted by atomic mass is 16.5. The molecule has 0 radical (unpaired) electrons. The lowest BCUT2D eigenvalue weighted by atomic mass is 10.3. The van der Waals surface area contributed by atoms with E-state index in [0.717, 1.165) is 6.54 Å². The molecular formula is C8H19N3O2. The fraction of sp³-hybridized carbons (Fsp3) is 0.875. The van der Waals surface area contributed by atoms with E-state index in [9.17, 15) is 0 Å². The molecule has 0 fully saturated rings. The topological polar surface area (TPSA) is 82.6 Å². The zero-order valence-electron chi connectivity index (χ0n) is 8.12. The largest absolute Gasteiger partial charge is 0.395 e. The Balaban J connectivity index is 3.59. The van der Waals surface area contributed by atoms with Crippen LogP contribution in [0.1, 0.15) is 6.42 Å². The second-order valence-corrected chi connectivity index (χ2v) is 2.83. The van der Waals surface area contributed by atoms with Crippen LogP contribution in [0, 0.1) is 5.41 Å². The van der Waals surface area contributed by atoms with E-state index < -0.39 is 0 Å². The zero-order chi connectivity index (χ0) is 10.1. The van der Waals surface area contributed by atoms with Gasteiger partial charge in [0.15, 0.2) is 0 Å². The van der Waals surface area contributed by atoms with Crippen LogP contribution in [-0.2, 0) is 4.74 Å². The molecule has 0 aliphatic rings. The molecule has 0 amide bonds. The maximum Gasteiger partial charge on any atom is 0.0918 e. The average molecular weight is 189 g/mol. The second kappa shape index (κ2) is 7.97. The van der Waals surface area contributed by atoms with Crippen LogP contribution >= 0.6 is 0 Å². The number of amidine groups is 1. The van der Waals surface area contributed by atoms with Gasteiger partial charge in [0.1, 0.15) is 0 Å². The number of aliphatic hydroxyl groups is 1. The van der Waals surface area contributed by atoms with Crippen LogP contribution in [0.25, 0.3) is 0 Å². The van der Waals surface area contributed by atoms with Crippen molar-refractivity contribution < 1.29 is 9.84 Å². The summed E-state index contributed by atoms with van der Waals surface area (Å²) >= 11 is 0. The first-order chi connectivity index (χ1) is 6.20. The summed E-state index contributed by atoms with van der Waals surface area (Å²) in [6, 6.07) is 0. The first-order valence-electron chi connectivity index (χ1n) is 4.35. The predicted octanol–water partition coefficient (Wildman–Crippen LogP) is -0.747. The Morgan fingerprint density at radius 2 is 2.15 bits per heavy atom. The van der Waals surface area contributed by atoms with Crippen molar-refractivity contribution in [3.05, 3.63) is 0 Å². The molecule has 0 aromatic rings. The molecule has 0 aliphatic heterocycles. The average Bonchev–Trinajstić information content (AvgIpc) is 2.09. The highest BCUT2D eigenvalue weighted by Gasteiger charge is 2.03. The molecule has 4 N–H and O–H groups in total. The third-order valence-corrected chi connectivity index (χ3v) is 1.73. The Bertz CT molecular complexity index is 141. The minimum Gasteiger partial charge on any atom is -0.395 e. The quantitative estimate of drug-likeness (QED) is 0.347. The van der Waals surface area contributed by atoms with E-state index >= 15 is 0 Å². The maximum absolute atomic E-state index is 8.73. The molecule has 0 saturated carbocycles. The first kappa shape index (κ1) is 12.3. The number of hydrogen-bond donors (Lipinski definition) is 3. The van der Waals surface area contributed by atoms with E-state index in [1.807, 2.05) is 4.90 Å². The van der Waals surface area contributed by atoms with Crippen LogP contribution in [0.3, 0.4) is 0 Å². The molecular weight excluding hydrogens is 170 g/mol. The third-order valence-electron chi connectivity index (χ3n) is 1.73. The molecule has 78 valence electrons. The molecule has 5 nitrogen and oxygen atoms in total. The summed E-state index contributed by atoms with van der Waals surface area (Å²) in [5.41, 5.74) is 5.23. The Morgan fingerprint density at radius 3 is 2.62 bits per heavy atom. The fourth-order valence-corrected chi connectivity index (χ4v) is 0.976. The molecule has 0 aromatic carbocycles. The van der Waals surface area contributed by atoms with Crippen molar-refractivity contribution in [3.8, 4) is 0 Å². The Hall–Kier alpha value is -0.650. The van der Waals surface area contributed by atoms with E-state index in [2.05, 4.69) is 0 Å². The van der Waals surface area contributed by atoms with Crippen molar-refractivity contribution in [1.82, 2.24) is 4.90 Å². The van der Waals surface area contributed by atoms with E-state index in [4.69, 9.17) is 21.0 Å². The van der Waals surface area contributed by atoms with Crippen LogP contribution in [0.4, 0.5) is 0 Å². The van der Waals surface area contributed by atoms with Gasteiger partial charge >= 0.3 is 0 Å². The summed E-state index contributed by atoms with van der Waals surface area (Å²) in [5.74, 6) is 0.181. The van der Waals surface area contributed by atoms with Crippen molar-refractivity contribution in [2.45, 2.75) is 6.42 Å². The first-order valence-corrected chi connectivity index (χ1v) is 4.35. The van der Waals surface area contributed by atoms with E-state index in [0.29, 0.717) is 26.1 Å². The molecule has 0 unspecified atom stereocenters. The smallest absolute Gasteiger partial charge is 0.0918 e. The van der Waals surface area contributed by atoms with Crippen LogP contribution in [0.2, 0.25) is 0 Å². The standard InChI is InChI=1S/C8H19N3O2/c1-13-7-5-11(4-6-12)3-2-8(9)10/h12H,2-7H2,1H3,(H3,9,10). The lowest BCUT2D eigenvalue weighted by Gasteiger charge is -2.20. The lowest BCUT2D eigenvalue weighted by molar-refractivity contribution is 0.133. The van der Waals surface area contributed by atoms with Gasteiger partial charge in [0.2, 0.25) is 0 Å². The highest BCUT2D eigenvalue weighted by Crippen LogP contribution is 1.90. The van der Waals surface area contributed by atoms with Gasteiger partial charge in [-0.05, 0) is 0 Å². The number of aliphatic hydroxyl groups excluding tert-OH is 1. The summed E-state index contributed by atoms with van der Waals surface area (Å²) in [5, 5.41) is 15.8. The molecule has 0 rings (SSSR count). The van der Waals surface area contributed by atoms with E-state index in [1.54, 1.807) is 7.11 Å². The normalized spacial score (nSPS) is 10.7. The molecule has 0 aliphatic carbocycles. The number of methoxy groups -OCH3 is 1. The summed E-state index contributed by atoms with van der Waals surface area (Å²) in [7, 11) is 1.64. The van der Waals surface area contributed by atoms with Crippen LogP contribution in [0.15, 0.2) is 0 Å². The van der Waals surface area contributed by atoms with Crippen molar-refractivity contribution in [3.63, 3.8) is 0 Å². The van der Waals surface area contributed by atoms with Gasteiger partial charge in [-0.25, -0.2) is 0 Å². The number of rotatable bonds is 8. The summed E-state index contributed by atoms with van der Waals surface area (Å²) in [6.45, 7) is 2.85. The second-order valence-electron chi connectivity index (χ2n) is 2.83. The van der Waals surface area contributed by atoms with Gasteiger partial charge in [-0.2, -0.15) is 0 Å². The Morgan fingerprint density at radius 1 is 1.46 bits per heavy atom. The highest BCUT2D eigenvalue weighted by molar-refractivity contribution is 5.76. The number of nitrogens with zero attached hydrogens (tertiary/aromatic N) is 1. The lowest BCUT2D eigenvalue weighted by Crippen LogP contribution is -2.33. The third kappa shape index (κ3) is 7.70. The number of nitrogens with two attached hydrogens (primary N) is 1. The molecule has 13 heavy (non-hydrogen) atoms. The Kier molecular flexibility index (Phi) is 7.57. The molecule has 0 aromatic heterocycles. The van der Waals surface area contributed by atoms with Crippen LogP contribution in [-0.4, -0.2) is 55.8 Å². The summed E-state index contributed by atoms with van der Waals surface area (Å²) < 4.78 is 4.92. The van der Waals surface area contributed by atoms with Crippen molar-refractivity contribution in [2.24, 2.45) is 5.73 Å². The number of hydrogen-bond acceptors (Lipinski definition) is 4. The molecule has 0 saturated heterocycles. The van der Waals surface area contributed by atoms with E-state index in [1.165, 1.54) is 0 Å². The monoisotopic (exact) mass is 189 g/mol. The summed E-state index contributed by atoms with van der Waals surface area (Å²) in [4.78, 5) is 2.02. The fourth-order valence-electron chi connectivity index (χ4n) is 0.976. The molecule has 0 spiro atoms. The maximum atomic E-state index is 8.73. The number of ether oxygens (including phenoxy) is 1. The van der Waals surface area contributed by atoms with Crippen LogP contribution in [0.5, 0.6) is 0 Å². The predicted molar refractivity (Wildman–Crippen MR) is 51.9 cm³/mol. The molecule has 0 atom stereocenters. The van der Waals surface area contributed by atoms with Gasteiger partial charge in [0.25, 0.3) is 0 Å².